The Balaban J connectivity index is 1.70. The molecule has 1 unspecified atom stereocenters. The third kappa shape index (κ3) is 5.30. The molecule has 1 atom stereocenters. The standard InChI is InChI=1S/C25H25FO2/c1-18(27)5-3-2-4-6-19-7-16-24(25(26)17-19)22-10-8-20(9-11-22)21-12-14-23(28)15-13-21/h4,6-18,27-28H,2-3,5H2,1H3. The highest BCUT2D eigenvalue weighted by Crippen LogP contribution is 2.28. The first-order valence-electron chi connectivity index (χ1n) is 9.57. The second kappa shape index (κ2) is 9.34. The predicted molar refractivity (Wildman–Crippen MR) is 114 cm³/mol. The lowest BCUT2D eigenvalue weighted by atomic mass is 9.99. The molecule has 0 aliphatic heterocycles. The molecule has 0 amide bonds. The fourth-order valence-electron chi connectivity index (χ4n) is 3.12. The number of unbranched alkanes of at least 4 members (excludes halogenated alkanes) is 1. The zero-order valence-electron chi connectivity index (χ0n) is 16.0. The summed E-state index contributed by atoms with van der Waals surface area (Å²) in [5, 5.41) is 18.6. The smallest absolute Gasteiger partial charge is 0.131 e. The van der Waals surface area contributed by atoms with Crippen LogP contribution in [-0.4, -0.2) is 16.3 Å². The normalized spacial score (nSPS) is 12.4. The molecule has 0 aliphatic carbocycles. The molecule has 0 spiro atoms. The molecule has 2 nitrogen and oxygen atoms in total. The van der Waals surface area contributed by atoms with Crippen molar-refractivity contribution in [2.24, 2.45) is 0 Å². The first kappa shape index (κ1) is 19.8. The van der Waals surface area contributed by atoms with Crippen molar-refractivity contribution in [1.29, 1.82) is 0 Å². The number of aliphatic hydroxyl groups is 1. The SMILES string of the molecule is CC(O)CCCC=Cc1ccc(-c2ccc(-c3ccc(O)cc3)cc2)c(F)c1. The molecule has 0 radical (unpaired) electrons. The second-order valence-corrected chi connectivity index (χ2v) is 7.05. The first-order valence-corrected chi connectivity index (χ1v) is 9.57. The van der Waals surface area contributed by atoms with E-state index in [-0.39, 0.29) is 17.7 Å². The molecule has 0 aliphatic rings. The van der Waals surface area contributed by atoms with E-state index in [1.807, 2.05) is 54.6 Å². The van der Waals surface area contributed by atoms with Crippen molar-refractivity contribution >= 4 is 6.08 Å². The fraction of sp³-hybridized carbons (Fsp3) is 0.200. The second-order valence-electron chi connectivity index (χ2n) is 7.05. The van der Waals surface area contributed by atoms with Crippen LogP contribution in [0.3, 0.4) is 0 Å². The van der Waals surface area contributed by atoms with Crippen LogP contribution in [0.15, 0.2) is 72.8 Å². The van der Waals surface area contributed by atoms with Crippen molar-refractivity contribution in [1.82, 2.24) is 0 Å². The Bertz CT molecular complexity index is 926. The average Bonchev–Trinajstić information content (AvgIpc) is 2.68. The highest BCUT2D eigenvalue weighted by Gasteiger charge is 2.06. The molecule has 0 aromatic heterocycles. The summed E-state index contributed by atoms with van der Waals surface area (Å²) in [5.74, 6) is -0.0111. The molecular weight excluding hydrogens is 351 g/mol. The van der Waals surface area contributed by atoms with Crippen LogP contribution in [-0.2, 0) is 0 Å². The van der Waals surface area contributed by atoms with Gasteiger partial charge in [0.05, 0.1) is 6.10 Å². The Morgan fingerprint density at radius 2 is 1.50 bits per heavy atom. The van der Waals surface area contributed by atoms with Crippen LogP contribution < -0.4 is 0 Å². The Morgan fingerprint density at radius 3 is 2.11 bits per heavy atom. The lowest BCUT2D eigenvalue weighted by Crippen LogP contribution is -1.97. The van der Waals surface area contributed by atoms with E-state index in [4.69, 9.17) is 0 Å². The number of hydrogen-bond donors (Lipinski definition) is 2. The monoisotopic (exact) mass is 376 g/mol. The van der Waals surface area contributed by atoms with E-state index in [2.05, 4.69) is 0 Å². The van der Waals surface area contributed by atoms with Crippen molar-refractivity contribution in [3.8, 4) is 28.0 Å². The van der Waals surface area contributed by atoms with Crippen LogP contribution in [0.2, 0.25) is 0 Å². The minimum absolute atomic E-state index is 0.236. The minimum Gasteiger partial charge on any atom is -0.508 e. The van der Waals surface area contributed by atoms with Gasteiger partial charge in [-0.15, -0.1) is 0 Å². The van der Waals surface area contributed by atoms with E-state index in [9.17, 15) is 14.6 Å². The number of rotatable bonds is 7. The predicted octanol–water partition coefficient (Wildman–Crippen LogP) is 6.43. The highest BCUT2D eigenvalue weighted by molar-refractivity contribution is 5.71. The van der Waals surface area contributed by atoms with Gasteiger partial charge in [0, 0.05) is 5.56 Å². The summed E-state index contributed by atoms with van der Waals surface area (Å²) in [6.07, 6.45) is 6.23. The number of allylic oxidation sites excluding steroid dienone is 1. The van der Waals surface area contributed by atoms with Gasteiger partial charge in [0.1, 0.15) is 11.6 Å². The Hall–Kier alpha value is -2.91. The molecule has 0 saturated heterocycles. The summed E-state index contributed by atoms with van der Waals surface area (Å²) in [6.45, 7) is 1.79. The van der Waals surface area contributed by atoms with Crippen molar-refractivity contribution in [2.45, 2.75) is 32.3 Å². The first-order chi connectivity index (χ1) is 13.5. The van der Waals surface area contributed by atoms with Crippen LogP contribution in [0, 0.1) is 5.82 Å². The van der Waals surface area contributed by atoms with Crippen molar-refractivity contribution in [2.75, 3.05) is 0 Å². The molecule has 3 heteroatoms. The van der Waals surface area contributed by atoms with Gasteiger partial charge in [-0.05, 0) is 66.6 Å². The summed E-state index contributed by atoms with van der Waals surface area (Å²) in [5.41, 5.74) is 4.25. The Morgan fingerprint density at radius 1 is 0.893 bits per heavy atom. The molecule has 2 N–H and O–H groups in total. The third-order valence-electron chi connectivity index (χ3n) is 4.69. The molecule has 3 rings (SSSR count). The topological polar surface area (TPSA) is 40.5 Å². The van der Waals surface area contributed by atoms with E-state index in [0.717, 1.165) is 41.5 Å². The van der Waals surface area contributed by atoms with Gasteiger partial charge in [0.2, 0.25) is 0 Å². The molecule has 0 fully saturated rings. The van der Waals surface area contributed by atoms with Gasteiger partial charge in [-0.2, -0.15) is 0 Å². The molecule has 144 valence electrons. The quantitative estimate of drug-likeness (QED) is 0.467. The average molecular weight is 376 g/mol. The minimum atomic E-state index is -0.273. The molecular formula is C25H25FO2. The lowest BCUT2D eigenvalue weighted by Gasteiger charge is -2.07. The maximum Gasteiger partial charge on any atom is 0.131 e. The van der Waals surface area contributed by atoms with Gasteiger partial charge in [-0.25, -0.2) is 4.39 Å². The summed E-state index contributed by atoms with van der Waals surface area (Å²) in [4.78, 5) is 0. The maximum absolute atomic E-state index is 14.6. The van der Waals surface area contributed by atoms with Gasteiger partial charge in [-0.1, -0.05) is 60.7 Å². The number of phenols is 1. The van der Waals surface area contributed by atoms with Crippen molar-refractivity contribution in [3.05, 3.63) is 84.2 Å². The molecule has 3 aromatic carbocycles. The van der Waals surface area contributed by atoms with E-state index in [1.165, 1.54) is 0 Å². The number of phenolic OH excluding ortho intramolecular Hbond substituents is 1. The summed E-state index contributed by atoms with van der Waals surface area (Å²) < 4.78 is 14.6. The summed E-state index contributed by atoms with van der Waals surface area (Å²) in [7, 11) is 0. The van der Waals surface area contributed by atoms with E-state index >= 15 is 0 Å². The largest absolute Gasteiger partial charge is 0.508 e. The van der Waals surface area contributed by atoms with Gasteiger partial charge in [0.25, 0.3) is 0 Å². The zero-order chi connectivity index (χ0) is 19.9. The lowest BCUT2D eigenvalue weighted by molar-refractivity contribution is 0.182. The van der Waals surface area contributed by atoms with Crippen LogP contribution in [0.4, 0.5) is 4.39 Å². The van der Waals surface area contributed by atoms with Gasteiger partial charge in [0.15, 0.2) is 0 Å². The van der Waals surface area contributed by atoms with Gasteiger partial charge >= 0.3 is 0 Å². The molecule has 28 heavy (non-hydrogen) atoms. The molecule has 0 saturated carbocycles. The van der Waals surface area contributed by atoms with Gasteiger partial charge < -0.3 is 10.2 Å². The number of aromatic hydroxyl groups is 1. The van der Waals surface area contributed by atoms with Crippen LogP contribution in [0.1, 0.15) is 31.7 Å². The van der Waals surface area contributed by atoms with Crippen molar-refractivity contribution < 1.29 is 14.6 Å². The molecule has 0 heterocycles. The summed E-state index contributed by atoms with van der Waals surface area (Å²) >= 11 is 0. The van der Waals surface area contributed by atoms with E-state index < -0.39 is 0 Å². The summed E-state index contributed by atoms with van der Waals surface area (Å²) in [6, 6.07) is 20.0. The zero-order valence-corrected chi connectivity index (χ0v) is 16.0. The molecule has 0 bridgehead atoms. The maximum atomic E-state index is 14.6. The number of aliphatic hydroxyl groups excluding tert-OH is 1. The van der Waals surface area contributed by atoms with E-state index in [1.54, 1.807) is 31.2 Å². The van der Waals surface area contributed by atoms with Crippen LogP contribution in [0.5, 0.6) is 5.75 Å². The highest BCUT2D eigenvalue weighted by atomic mass is 19.1. The van der Waals surface area contributed by atoms with Crippen LogP contribution in [0.25, 0.3) is 28.3 Å². The van der Waals surface area contributed by atoms with Crippen molar-refractivity contribution in [3.63, 3.8) is 0 Å². The third-order valence-corrected chi connectivity index (χ3v) is 4.69. The van der Waals surface area contributed by atoms with E-state index in [0.29, 0.717) is 5.56 Å². The van der Waals surface area contributed by atoms with Gasteiger partial charge in [-0.3, -0.25) is 0 Å². The Labute approximate surface area is 165 Å². The van der Waals surface area contributed by atoms with Crippen LogP contribution >= 0.6 is 0 Å². The number of hydrogen-bond acceptors (Lipinski definition) is 2. The number of benzene rings is 3. The number of halogens is 1. The molecule has 3 aromatic rings. The Kier molecular flexibility index (Phi) is 6.62. The fourth-order valence-corrected chi connectivity index (χ4v) is 3.12.